The number of hydrogen-bond acceptors (Lipinski definition) is 5. The molecule has 0 radical (unpaired) electrons. The fraction of sp³-hybridized carbons (Fsp3) is 0.500. The van der Waals surface area contributed by atoms with Crippen molar-refractivity contribution in [1.82, 2.24) is 20.0 Å². The molecule has 0 spiro atoms. The molecule has 0 saturated carbocycles. The first-order valence-electron chi connectivity index (χ1n) is 9.56. The average molecular weight is 370 g/mol. The predicted molar refractivity (Wildman–Crippen MR) is 102 cm³/mol. The van der Waals surface area contributed by atoms with Crippen LogP contribution in [0.1, 0.15) is 23.3 Å². The van der Waals surface area contributed by atoms with E-state index in [0.29, 0.717) is 11.8 Å². The number of carbonyl (C=O) groups is 1. The number of methoxy groups -OCH3 is 1. The summed E-state index contributed by atoms with van der Waals surface area (Å²) in [4.78, 5) is 17.1. The van der Waals surface area contributed by atoms with Gasteiger partial charge in [-0.25, -0.2) is 0 Å². The van der Waals surface area contributed by atoms with Crippen molar-refractivity contribution in [3.63, 3.8) is 0 Å². The lowest BCUT2D eigenvalue weighted by Gasteiger charge is -2.35. The highest BCUT2D eigenvalue weighted by Gasteiger charge is 2.26. The van der Waals surface area contributed by atoms with E-state index in [1.807, 2.05) is 35.2 Å². The molecule has 4 rings (SSSR count). The highest BCUT2D eigenvalue weighted by Crippen LogP contribution is 2.22. The lowest BCUT2D eigenvalue weighted by molar-refractivity contribution is 0.0430. The molecule has 144 valence electrons. The smallest absolute Gasteiger partial charge is 0.271 e. The Labute approximate surface area is 159 Å². The molecule has 0 aliphatic carbocycles. The molecule has 0 unspecified atom stereocenters. The molecule has 1 N–H and O–H groups in total. The second-order valence-corrected chi connectivity index (χ2v) is 7.12. The summed E-state index contributed by atoms with van der Waals surface area (Å²) in [5.74, 6) is 0.811. The fourth-order valence-corrected chi connectivity index (χ4v) is 3.72. The van der Waals surface area contributed by atoms with Crippen molar-refractivity contribution in [3.05, 3.63) is 36.0 Å². The second-order valence-electron chi connectivity index (χ2n) is 7.12. The number of piperazine rings is 1. The van der Waals surface area contributed by atoms with Crippen LogP contribution in [0, 0.1) is 0 Å². The van der Waals surface area contributed by atoms with Crippen molar-refractivity contribution in [2.24, 2.45) is 0 Å². The standard InChI is InChI=1S/C20H26N4O3/c1-26-16-6-4-15(5-7-16)18-13-19(22-21-18)20(25)24-10-8-23(9-11-24)14-17-3-2-12-27-17/h4-7,13,17H,2-3,8-12,14H2,1H3,(H,21,22)/t17-/m1/s1. The molecule has 2 saturated heterocycles. The Morgan fingerprint density at radius 1 is 1.26 bits per heavy atom. The van der Waals surface area contributed by atoms with E-state index < -0.39 is 0 Å². The topological polar surface area (TPSA) is 70.7 Å². The molecule has 2 aromatic rings. The maximum Gasteiger partial charge on any atom is 0.271 e. The first kappa shape index (κ1) is 18.0. The van der Waals surface area contributed by atoms with Crippen molar-refractivity contribution in [1.29, 1.82) is 0 Å². The first-order valence-corrected chi connectivity index (χ1v) is 9.56. The van der Waals surface area contributed by atoms with E-state index in [-0.39, 0.29) is 5.91 Å². The number of aromatic amines is 1. The third-order valence-corrected chi connectivity index (χ3v) is 5.34. The van der Waals surface area contributed by atoms with Gasteiger partial charge in [0.1, 0.15) is 11.4 Å². The van der Waals surface area contributed by atoms with E-state index in [9.17, 15) is 4.79 Å². The van der Waals surface area contributed by atoms with Crippen molar-refractivity contribution in [2.75, 3.05) is 46.4 Å². The van der Waals surface area contributed by atoms with Gasteiger partial charge in [0.2, 0.25) is 0 Å². The molecule has 7 nitrogen and oxygen atoms in total. The lowest BCUT2D eigenvalue weighted by atomic mass is 10.1. The Morgan fingerprint density at radius 2 is 2.04 bits per heavy atom. The Balaban J connectivity index is 1.34. The van der Waals surface area contributed by atoms with Gasteiger partial charge in [-0.05, 0) is 43.2 Å². The van der Waals surface area contributed by atoms with Crippen LogP contribution in [0.5, 0.6) is 5.75 Å². The first-order chi connectivity index (χ1) is 13.2. The quantitative estimate of drug-likeness (QED) is 0.872. The summed E-state index contributed by atoms with van der Waals surface area (Å²) in [6.45, 7) is 5.13. The number of benzene rings is 1. The minimum atomic E-state index is 0.0130. The monoisotopic (exact) mass is 370 g/mol. The van der Waals surface area contributed by atoms with Crippen LogP contribution < -0.4 is 4.74 Å². The molecule has 3 heterocycles. The Kier molecular flexibility index (Phi) is 5.40. The average Bonchev–Trinajstić information content (AvgIpc) is 3.40. The molecule has 27 heavy (non-hydrogen) atoms. The normalized spacial score (nSPS) is 20.8. The van der Waals surface area contributed by atoms with Crippen LogP contribution in [0.2, 0.25) is 0 Å². The summed E-state index contributed by atoms with van der Waals surface area (Å²) >= 11 is 0. The Hall–Kier alpha value is -2.38. The predicted octanol–water partition coefficient (Wildman–Crippen LogP) is 2.02. The summed E-state index contributed by atoms with van der Waals surface area (Å²) in [5.41, 5.74) is 2.25. The summed E-state index contributed by atoms with van der Waals surface area (Å²) in [5, 5.41) is 7.19. The van der Waals surface area contributed by atoms with Crippen LogP contribution in [-0.2, 0) is 4.74 Å². The second kappa shape index (κ2) is 8.10. The van der Waals surface area contributed by atoms with Crippen molar-refractivity contribution in [3.8, 4) is 17.0 Å². The zero-order valence-electron chi connectivity index (χ0n) is 15.7. The number of H-pyrrole nitrogens is 1. The summed E-state index contributed by atoms with van der Waals surface area (Å²) in [6, 6.07) is 9.47. The molecule has 2 aliphatic rings. The van der Waals surface area contributed by atoms with Crippen molar-refractivity contribution < 1.29 is 14.3 Å². The molecule has 1 aromatic heterocycles. The van der Waals surface area contributed by atoms with Gasteiger partial charge in [-0.2, -0.15) is 5.10 Å². The molecule has 7 heteroatoms. The van der Waals surface area contributed by atoms with Gasteiger partial charge in [-0.15, -0.1) is 0 Å². The summed E-state index contributed by atoms with van der Waals surface area (Å²) < 4.78 is 10.9. The maximum absolute atomic E-state index is 12.8. The van der Waals surface area contributed by atoms with Gasteiger partial charge in [0.25, 0.3) is 5.91 Å². The Morgan fingerprint density at radius 3 is 2.70 bits per heavy atom. The van der Waals surface area contributed by atoms with Crippen molar-refractivity contribution >= 4 is 5.91 Å². The highest BCUT2D eigenvalue weighted by atomic mass is 16.5. The number of amides is 1. The number of ether oxygens (including phenoxy) is 2. The number of hydrogen-bond donors (Lipinski definition) is 1. The number of nitrogens with one attached hydrogen (secondary N) is 1. The van der Waals surface area contributed by atoms with E-state index in [2.05, 4.69) is 15.1 Å². The highest BCUT2D eigenvalue weighted by molar-refractivity contribution is 5.93. The van der Waals surface area contributed by atoms with Crippen molar-refractivity contribution in [2.45, 2.75) is 18.9 Å². The maximum atomic E-state index is 12.8. The van der Waals surface area contributed by atoms with Crippen LogP contribution in [0.4, 0.5) is 0 Å². The minimum absolute atomic E-state index is 0.0130. The van der Waals surface area contributed by atoms with Gasteiger partial charge < -0.3 is 14.4 Å². The molecule has 1 aromatic carbocycles. The van der Waals surface area contributed by atoms with Gasteiger partial charge in [-0.3, -0.25) is 14.8 Å². The molecule has 1 amide bonds. The lowest BCUT2D eigenvalue weighted by Crippen LogP contribution is -2.50. The third-order valence-electron chi connectivity index (χ3n) is 5.34. The largest absolute Gasteiger partial charge is 0.497 e. The third kappa shape index (κ3) is 4.14. The molecule has 2 aliphatic heterocycles. The van der Waals surface area contributed by atoms with Crippen LogP contribution in [-0.4, -0.2) is 78.4 Å². The van der Waals surface area contributed by atoms with Gasteiger partial charge >= 0.3 is 0 Å². The van der Waals surface area contributed by atoms with E-state index in [0.717, 1.165) is 62.8 Å². The van der Waals surface area contributed by atoms with Crippen LogP contribution in [0.15, 0.2) is 30.3 Å². The van der Waals surface area contributed by atoms with E-state index >= 15 is 0 Å². The van der Waals surface area contributed by atoms with Gasteiger partial charge in [-0.1, -0.05) is 0 Å². The zero-order chi connectivity index (χ0) is 18.6. The molecule has 0 bridgehead atoms. The van der Waals surface area contributed by atoms with E-state index in [1.165, 1.54) is 6.42 Å². The van der Waals surface area contributed by atoms with Gasteiger partial charge in [0.05, 0.1) is 18.9 Å². The number of rotatable bonds is 5. The van der Waals surface area contributed by atoms with Gasteiger partial charge in [0.15, 0.2) is 0 Å². The van der Waals surface area contributed by atoms with E-state index in [1.54, 1.807) is 7.11 Å². The Bertz CT molecular complexity index is 760. The summed E-state index contributed by atoms with van der Waals surface area (Å²) in [6.07, 6.45) is 2.69. The molecular weight excluding hydrogens is 344 g/mol. The van der Waals surface area contributed by atoms with Crippen LogP contribution in [0.3, 0.4) is 0 Å². The number of carbonyl (C=O) groups excluding carboxylic acids is 1. The molecule has 2 fully saturated rings. The van der Waals surface area contributed by atoms with Gasteiger partial charge in [0, 0.05) is 44.9 Å². The van der Waals surface area contributed by atoms with Crippen LogP contribution in [0.25, 0.3) is 11.3 Å². The number of nitrogens with zero attached hydrogens (tertiary/aromatic N) is 3. The SMILES string of the molecule is COc1ccc(-c2cc(C(=O)N3CCN(C[C@H]4CCCO4)CC3)[nH]n2)cc1. The fourth-order valence-electron chi connectivity index (χ4n) is 3.72. The number of aromatic nitrogens is 2. The zero-order valence-corrected chi connectivity index (χ0v) is 15.7. The molecule has 1 atom stereocenters. The van der Waals surface area contributed by atoms with E-state index in [4.69, 9.17) is 9.47 Å². The molecular formula is C20H26N4O3. The summed E-state index contributed by atoms with van der Waals surface area (Å²) in [7, 11) is 1.64. The van der Waals surface area contributed by atoms with Crippen LogP contribution >= 0.6 is 0 Å². The minimum Gasteiger partial charge on any atom is -0.497 e.